The largest absolute Gasteiger partial charge is 0.218 e. The second-order valence-corrected chi connectivity index (χ2v) is 8.01. The minimum Gasteiger partial charge on any atom is -0.218 e. The van der Waals surface area contributed by atoms with Crippen molar-refractivity contribution in [3.63, 3.8) is 0 Å². The van der Waals surface area contributed by atoms with Crippen molar-refractivity contribution in [2.75, 3.05) is 0 Å². The number of thiophene rings is 1. The smallest absolute Gasteiger partial charge is 0.155 e. The van der Waals surface area contributed by atoms with Crippen LogP contribution in [0.2, 0.25) is 5.15 Å². The maximum absolute atomic E-state index is 6.46. The molecule has 0 saturated carbocycles. The average molecular weight is 406 g/mol. The van der Waals surface area contributed by atoms with Crippen molar-refractivity contribution in [3.05, 3.63) is 55.7 Å². The molecule has 0 unspecified atom stereocenters. The molecule has 23 heavy (non-hydrogen) atoms. The van der Waals surface area contributed by atoms with Crippen molar-refractivity contribution >= 4 is 61.2 Å². The van der Waals surface area contributed by atoms with E-state index < -0.39 is 0 Å². The zero-order valence-corrected chi connectivity index (χ0v) is 15.5. The normalized spacial score (nSPS) is 14.5. The molecular weight excluding hydrogens is 392 g/mol. The molecule has 1 aliphatic carbocycles. The fourth-order valence-electron chi connectivity index (χ4n) is 2.95. The standard InChI is InChI=1S/C18H14BrClN2S/c19-12-8-5-11(6-9-12)7-10-15-21-17(20)16-13-3-1-2-4-14(13)23-18(16)22-15/h5-10H,1-4H2. The third-order valence-corrected chi connectivity index (χ3v) is 6.07. The summed E-state index contributed by atoms with van der Waals surface area (Å²) in [6.07, 6.45) is 8.69. The van der Waals surface area contributed by atoms with Gasteiger partial charge in [0.1, 0.15) is 9.98 Å². The Bertz CT molecular complexity index is 900. The minimum absolute atomic E-state index is 0.588. The Morgan fingerprint density at radius 2 is 1.83 bits per heavy atom. The molecule has 0 atom stereocenters. The molecule has 0 spiro atoms. The fourth-order valence-corrected chi connectivity index (χ4v) is 4.83. The van der Waals surface area contributed by atoms with Crippen LogP contribution in [0.5, 0.6) is 0 Å². The van der Waals surface area contributed by atoms with E-state index in [4.69, 9.17) is 16.6 Å². The second kappa shape index (κ2) is 6.34. The van der Waals surface area contributed by atoms with Crippen LogP contribution in [0.25, 0.3) is 22.4 Å². The fraction of sp³-hybridized carbons (Fsp3) is 0.222. The van der Waals surface area contributed by atoms with Gasteiger partial charge < -0.3 is 0 Å². The van der Waals surface area contributed by atoms with Gasteiger partial charge in [-0.15, -0.1) is 11.3 Å². The van der Waals surface area contributed by atoms with E-state index in [1.807, 2.05) is 36.4 Å². The van der Waals surface area contributed by atoms with Crippen LogP contribution in [-0.4, -0.2) is 9.97 Å². The Labute approximate surface area is 152 Å². The summed E-state index contributed by atoms with van der Waals surface area (Å²) in [7, 11) is 0. The van der Waals surface area contributed by atoms with Gasteiger partial charge in [-0.05, 0) is 55.0 Å². The molecule has 0 aliphatic heterocycles. The summed E-state index contributed by atoms with van der Waals surface area (Å²) in [4.78, 5) is 11.6. The molecule has 0 amide bonds. The molecule has 0 N–H and O–H groups in total. The maximum atomic E-state index is 6.46. The Kier molecular flexibility index (Phi) is 4.22. The zero-order chi connectivity index (χ0) is 15.8. The topological polar surface area (TPSA) is 25.8 Å². The number of rotatable bonds is 2. The van der Waals surface area contributed by atoms with Crippen LogP contribution < -0.4 is 0 Å². The Morgan fingerprint density at radius 3 is 2.65 bits per heavy atom. The first-order valence-corrected chi connectivity index (χ1v) is 9.61. The van der Waals surface area contributed by atoms with Crippen LogP contribution in [0.4, 0.5) is 0 Å². The van der Waals surface area contributed by atoms with Gasteiger partial charge in [0.2, 0.25) is 0 Å². The highest BCUT2D eigenvalue weighted by atomic mass is 79.9. The van der Waals surface area contributed by atoms with E-state index in [0.717, 1.165) is 33.1 Å². The molecule has 116 valence electrons. The van der Waals surface area contributed by atoms with E-state index >= 15 is 0 Å². The number of hydrogen-bond acceptors (Lipinski definition) is 3. The molecule has 2 heterocycles. The highest BCUT2D eigenvalue weighted by Crippen LogP contribution is 2.38. The van der Waals surface area contributed by atoms with Gasteiger partial charge in [-0.25, -0.2) is 9.97 Å². The third-order valence-electron chi connectivity index (χ3n) is 4.08. The van der Waals surface area contributed by atoms with E-state index in [1.165, 1.54) is 23.3 Å². The highest BCUT2D eigenvalue weighted by Gasteiger charge is 2.19. The van der Waals surface area contributed by atoms with E-state index in [-0.39, 0.29) is 0 Å². The van der Waals surface area contributed by atoms with Gasteiger partial charge in [-0.3, -0.25) is 0 Å². The van der Waals surface area contributed by atoms with Crippen LogP contribution in [0.1, 0.15) is 34.7 Å². The summed E-state index contributed by atoms with van der Waals surface area (Å²) in [6.45, 7) is 0. The first kappa shape index (κ1) is 15.3. The Balaban J connectivity index is 1.72. The second-order valence-electron chi connectivity index (χ2n) is 5.65. The Morgan fingerprint density at radius 1 is 1.04 bits per heavy atom. The summed E-state index contributed by atoms with van der Waals surface area (Å²) in [5, 5.41) is 1.66. The van der Waals surface area contributed by atoms with Crippen molar-refractivity contribution < 1.29 is 0 Å². The Hall–Kier alpha value is -1.23. The van der Waals surface area contributed by atoms with Gasteiger partial charge in [-0.1, -0.05) is 45.7 Å². The molecule has 4 rings (SSSR count). The monoisotopic (exact) mass is 404 g/mol. The van der Waals surface area contributed by atoms with E-state index in [1.54, 1.807) is 11.3 Å². The summed E-state index contributed by atoms with van der Waals surface area (Å²) in [5.74, 6) is 0.670. The molecule has 3 aromatic rings. The van der Waals surface area contributed by atoms with Crippen molar-refractivity contribution in [2.45, 2.75) is 25.7 Å². The molecule has 1 aliphatic rings. The number of fused-ring (bicyclic) bond motifs is 3. The number of nitrogens with zero attached hydrogens (tertiary/aromatic N) is 2. The van der Waals surface area contributed by atoms with E-state index in [0.29, 0.717) is 11.0 Å². The lowest BCUT2D eigenvalue weighted by Crippen LogP contribution is -1.98. The van der Waals surface area contributed by atoms with Crippen molar-refractivity contribution in [2.24, 2.45) is 0 Å². The molecular formula is C18H14BrClN2S. The third kappa shape index (κ3) is 3.08. The van der Waals surface area contributed by atoms with Crippen LogP contribution in [0.15, 0.2) is 28.7 Å². The molecule has 2 aromatic heterocycles. The van der Waals surface area contributed by atoms with Gasteiger partial charge in [0.05, 0.1) is 5.39 Å². The van der Waals surface area contributed by atoms with Crippen LogP contribution >= 0.6 is 38.9 Å². The van der Waals surface area contributed by atoms with Gasteiger partial charge in [0, 0.05) is 9.35 Å². The summed E-state index contributed by atoms with van der Waals surface area (Å²) >= 11 is 11.7. The van der Waals surface area contributed by atoms with Gasteiger partial charge >= 0.3 is 0 Å². The highest BCUT2D eigenvalue weighted by molar-refractivity contribution is 9.10. The number of benzene rings is 1. The molecule has 0 radical (unpaired) electrons. The first-order valence-electron chi connectivity index (χ1n) is 7.62. The lowest BCUT2D eigenvalue weighted by Gasteiger charge is -2.10. The summed E-state index contributed by atoms with van der Waals surface area (Å²) in [5.41, 5.74) is 2.49. The van der Waals surface area contributed by atoms with E-state index in [2.05, 4.69) is 20.9 Å². The van der Waals surface area contributed by atoms with Crippen LogP contribution in [0, 0.1) is 0 Å². The number of hydrogen-bond donors (Lipinski definition) is 0. The van der Waals surface area contributed by atoms with Gasteiger partial charge in [-0.2, -0.15) is 0 Å². The summed E-state index contributed by atoms with van der Waals surface area (Å²) < 4.78 is 1.07. The summed E-state index contributed by atoms with van der Waals surface area (Å²) in [6, 6.07) is 8.13. The van der Waals surface area contributed by atoms with Crippen LogP contribution in [-0.2, 0) is 12.8 Å². The lowest BCUT2D eigenvalue weighted by molar-refractivity contribution is 0.700. The maximum Gasteiger partial charge on any atom is 0.155 e. The van der Waals surface area contributed by atoms with Crippen molar-refractivity contribution in [1.29, 1.82) is 0 Å². The molecule has 0 saturated heterocycles. The molecule has 0 bridgehead atoms. The molecule has 0 fully saturated rings. The number of aryl methyl sites for hydroxylation is 2. The zero-order valence-electron chi connectivity index (χ0n) is 12.4. The van der Waals surface area contributed by atoms with Gasteiger partial charge in [0.15, 0.2) is 5.82 Å². The number of halogens is 2. The molecule has 2 nitrogen and oxygen atoms in total. The average Bonchev–Trinajstić information content (AvgIpc) is 2.93. The van der Waals surface area contributed by atoms with Crippen LogP contribution in [0.3, 0.4) is 0 Å². The predicted molar refractivity (Wildman–Crippen MR) is 102 cm³/mol. The minimum atomic E-state index is 0.588. The molecule has 1 aromatic carbocycles. The molecule has 5 heteroatoms. The van der Waals surface area contributed by atoms with Crippen molar-refractivity contribution in [3.8, 4) is 0 Å². The predicted octanol–water partition coefficient (Wildman–Crippen LogP) is 6.16. The van der Waals surface area contributed by atoms with E-state index in [9.17, 15) is 0 Å². The first-order chi connectivity index (χ1) is 11.2. The SMILES string of the molecule is Clc1nc(C=Cc2ccc(Br)cc2)nc2sc3c(c12)CCCC3. The van der Waals surface area contributed by atoms with Crippen molar-refractivity contribution in [1.82, 2.24) is 9.97 Å². The number of aromatic nitrogens is 2. The quantitative estimate of drug-likeness (QED) is 0.477. The lowest BCUT2D eigenvalue weighted by atomic mass is 9.97. The van der Waals surface area contributed by atoms with Gasteiger partial charge in [0.25, 0.3) is 0 Å².